The van der Waals surface area contributed by atoms with Crippen molar-refractivity contribution in [3.05, 3.63) is 29.3 Å². The average molecular weight is 204 g/mol. The molecule has 0 saturated heterocycles. The summed E-state index contributed by atoms with van der Waals surface area (Å²) in [4.78, 5) is 0. The van der Waals surface area contributed by atoms with Gasteiger partial charge in [0.15, 0.2) is 0 Å². The van der Waals surface area contributed by atoms with Gasteiger partial charge in [0.05, 0.1) is 6.61 Å². The van der Waals surface area contributed by atoms with Crippen molar-refractivity contribution in [2.75, 3.05) is 6.61 Å². The lowest BCUT2D eigenvalue weighted by Crippen LogP contribution is -2.08. The molecule has 0 heterocycles. The Morgan fingerprint density at radius 3 is 2.67 bits per heavy atom. The fourth-order valence-electron chi connectivity index (χ4n) is 2.25. The van der Waals surface area contributed by atoms with Crippen LogP contribution in [0.15, 0.2) is 18.2 Å². The third-order valence-electron chi connectivity index (χ3n) is 3.29. The molecule has 0 amide bonds. The van der Waals surface area contributed by atoms with Crippen LogP contribution in [0.1, 0.15) is 36.8 Å². The van der Waals surface area contributed by atoms with Gasteiger partial charge in [0.1, 0.15) is 5.75 Å². The highest BCUT2D eigenvalue weighted by Crippen LogP contribution is 2.26. The molecule has 82 valence electrons. The first kappa shape index (κ1) is 10.5. The van der Waals surface area contributed by atoms with E-state index in [9.17, 15) is 0 Å². The molecular weight excluding hydrogens is 184 g/mol. The Labute approximate surface area is 92.5 Å². The van der Waals surface area contributed by atoms with Crippen LogP contribution in [-0.2, 0) is 0 Å². The molecule has 1 nitrogen and oxygen atoms in total. The predicted octanol–water partition coefficient (Wildman–Crippen LogP) is 3.87. The number of hydrogen-bond donors (Lipinski definition) is 0. The van der Waals surface area contributed by atoms with Crippen molar-refractivity contribution in [2.45, 2.75) is 39.5 Å². The van der Waals surface area contributed by atoms with E-state index in [1.165, 1.54) is 36.8 Å². The molecule has 1 aromatic carbocycles. The second kappa shape index (κ2) is 4.69. The number of rotatable bonds is 3. The lowest BCUT2D eigenvalue weighted by atomic mass is 10.1. The summed E-state index contributed by atoms with van der Waals surface area (Å²) in [5, 5.41) is 0. The van der Waals surface area contributed by atoms with Crippen molar-refractivity contribution in [3.8, 4) is 5.75 Å². The summed E-state index contributed by atoms with van der Waals surface area (Å²) in [7, 11) is 0. The Balaban J connectivity index is 1.94. The fraction of sp³-hybridized carbons (Fsp3) is 0.571. The van der Waals surface area contributed by atoms with E-state index in [4.69, 9.17) is 4.74 Å². The molecule has 1 aliphatic rings. The van der Waals surface area contributed by atoms with Crippen LogP contribution >= 0.6 is 0 Å². The highest BCUT2D eigenvalue weighted by Gasteiger charge is 2.15. The third-order valence-corrected chi connectivity index (χ3v) is 3.29. The minimum atomic E-state index is 0.796. The number of aryl methyl sites for hydroxylation is 2. The first-order valence-electron chi connectivity index (χ1n) is 5.96. The summed E-state index contributed by atoms with van der Waals surface area (Å²) in [6.07, 6.45) is 5.48. The van der Waals surface area contributed by atoms with Crippen molar-refractivity contribution in [1.29, 1.82) is 0 Å². The third kappa shape index (κ3) is 2.74. The molecule has 0 spiro atoms. The lowest BCUT2D eigenvalue weighted by molar-refractivity contribution is 0.250. The van der Waals surface area contributed by atoms with Crippen LogP contribution in [0.4, 0.5) is 0 Å². The van der Waals surface area contributed by atoms with Gasteiger partial charge in [-0.15, -0.1) is 0 Å². The second-order valence-corrected chi connectivity index (χ2v) is 4.73. The van der Waals surface area contributed by atoms with Gasteiger partial charge >= 0.3 is 0 Å². The predicted molar refractivity (Wildman–Crippen MR) is 63.4 cm³/mol. The topological polar surface area (TPSA) is 9.23 Å². The summed E-state index contributed by atoms with van der Waals surface area (Å²) in [5.74, 6) is 1.87. The van der Waals surface area contributed by atoms with Crippen molar-refractivity contribution in [1.82, 2.24) is 0 Å². The van der Waals surface area contributed by atoms with Gasteiger partial charge in [-0.1, -0.05) is 25.0 Å². The molecule has 15 heavy (non-hydrogen) atoms. The minimum Gasteiger partial charge on any atom is -0.493 e. The molecular formula is C14H20O. The van der Waals surface area contributed by atoms with Crippen molar-refractivity contribution >= 4 is 0 Å². The molecule has 0 aliphatic heterocycles. The zero-order chi connectivity index (χ0) is 10.7. The quantitative estimate of drug-likeness (QED) is 0.726. The largest absolute Gasteiger partial charge is 0.493 e. The first-order valence-corrected chi connectivity index (χ1v) is 5.96. The van der Waals surface area contributed by atoms with Crippen molar-refractivity contribution in [2.24, 2.45) is 5.92 Å². The Hall–Kier alpha value is -0.980. The molecule has 0 radical (unpaired) electrons. The summed E-state index contributed by atoms with van der Waals surface area (Å²) in [6.45, 7) is 5.13. The van der Waals surface area contributed by atoms with E-state index in [2.05, 4.69) is 32.0 Å². The van der Waals surface area contributed by atoms with Gasteiger partial charge in [-0.05, 0) is 49.8 Å². The monoisotopic (exact) mass is 204 g/mol. The van der Waals surface area contributed by atoms with Gasteiger partial charge in [-0.2, -0.15) is 0 Å². The summed E-state index contributed by atoms with van der Waals surface area (Å²) >= 11 is 0. The van der Waals surface area contributed by atoms with Crippen LogP contribution in [0.5, 0.6) is 5.75 Å². The highest BCUT2D eigenvalue weighted by atomic mass is 16.5. The maximum absolute atomic E-state index is 5.90. The van der Waals surface area contributed by atoms with Gasteiger partial charge < -0.3 is 4.74 Å². The standard InChI is InChI=1S/C14H20O/c1-11-7-8-12(2)14(9-11)15-10-13-5-3-4-6-13/h7-9,13H,3-6,10H2,1-2H3. The van der Waals surface area contributed by atoms with E-state index in [1.807, 2.05) is 0 Å². The minimum absolute atomic E-state index is 0.796. The SMILES string of the molecule is Cc1ccc(C)c(OCC2CCCC2)c1. The Bertz CT molecular complexity index is 324. The maximum atomic E-state index is 5.90. The van der Waals surface area contributed by atoms with Crippen molar-refractivity contribution < 1.29 is 4.74 Å². The van der Waals surface area contributed by atoms with Crippen LogP contribution in [0.2, 0.25) is 0 Å². The number of hydrogen-bond acceptors (Lipinski definition) is 1. The smallest absolute Gasteiger partial charge is 0.122 e. The molecule has 0 atom stereocenters. The van der Waals surface area contributed by atoms with Gasteiger partial charge in [-0.3, -0.25) is 0 Å². The molecule has 0 bridgehead atoms. The molecule has 1 heteroatoms. The van der Waals surface area contributed by atoms with E-state index in [0.29, 0.717) is 0 Å². The molecule has 1 aliphatic carbocycles. The molecule has 0 N–H and O–H groups in total. The number of ether oxygens (including phenoxy) is 1. The van der Waals surface area contributed by atoms with E-state index in [1.54, 1.807) is 0 Å². The summed E-state index contributed by atoms with van der Waals surface area (Å²) < 4.78 is 5.90. The van der Waals surface area contributed by atoms with Gasteiger partial charge in [0.25, 0.3) is 0 Å². The molecule has 1 fully saturated rings. The zero-order valence-corrected chi connectivity index (χ0v) is 9.75. The van der Waals surface area contributed by atoms with Crippen LogP contribution in [-0.4, -0.2) is 6.61 Å². The zero-order valence-electron chi connectivity index (χ0n) is 9.75. The second-order valence-electron chi connectivity index (χ2n) is 4.73. The van der Waals surface area contributed by atoms with E-state index in [0.717, 1.165) is 18.3 Å². The van der Waals surface area contributed by atoms with E-state index >= 15 is 0 Å². The van der Waals surface area contributed by atoms with Crippen LogP contribution in [0, 0.1) is 19.8 Å². The van der Waals surface area contributed by atoms with Crippen LogP contribution < -0.4 is 4.74 Å². The molecule has 1 saturated carbocycles. The lowest BCUT2D eigenvalue weighted by Gasteiger charge is -2.13. The fourth-order valence-corrected chi connectivity index (χ4v) is 2.25. The van der Waals surface area contributed by atoms with Crippen LogP contribution in [0.25, 0.3) is 0 Å². The number of benzene rings is 1. The molecule has 0 aromatic heterocycles. The highest BCUT2D eigenvalue weighted by molar-refractivity contribution is 5.35. The van der Waals surface area contributed by atoms with E-state index in [-0.39, 0.29) is 0 Å². The van der Waals surface area contributed by atoms with Gasteiger partial charge in [-0.25, -0.2) is 0 Å². The average Bonchev–Trinajstić information content (AvgIpc) is 2.72. The molecule has 0 unspecified atom stereocenters. The maximum Gasteiger partial charge on any atom is 0.122 e. The van der Waals surface area contributed by atoms with Gasteiger partial charge in [0.2, 0.25) is 0 Å². The first-order chi connectivity index (χ1) is 7.25. The van der Waals surface area contributed by atoms with Gasteiger partial charge in [0, 0.05) is 0 Å². The summed E-state index contributed by atoms with van der Waals surface area (Å²) in [6, 6.07) is 6.42. The normalized spacial score (nSPS) is 16.9. The molecule has 2 rings (SSSR count). The molecule has 1 aromatic rings. The Kier molecular flexibility index (Phi) is 3.30. The Morgan fingerprint density at radius 2 is 1.93 bits per heavy atom. The van der Waals surface area contributed by atoms with E-state index < -0.39 is 0 Å². The van der Waals surface area contributed by atoms with Crippen LogP contribution in [0.3, 0.4) is 0 Å². The van der Waals surface area contributed by atoms with Crippen molar-refractivity contribution in [3.63, 3.8) is 0 Å². The Morgan fingerprint density at radius 1 is 1.20 bits per heavy atom. The summed E-state index contributed by atoms with van der Waals surface area (Å²) in [5.41, 5.74) is 2.53.